The van der Waals surface area contributed by atoms with E-state index in [9.17, 15) is 13.2 Å². The molecule has 0 spiro atoms. The van der Waals surface area contributed by atoms with Crippen LogP contribution < -0.4 is 10.2 Å². The van der Waals surface area contributed by atoms with Crippen molar-refractivity contribution >= 4 is 33.0 Å². The third-order valence-corrected chi connectivity index (χ3v) is 5.56. The Kier molecular flexibility index (Phi) is 7.06. The van der Waals surface area contributed by atoms with Crippen molar-refractivity contribution in [1.29, 1.82) is 0 Å². The van der Waals surface area contributed by atoms with E-state index in [-0.39, 0.29) is 21.4 Å². The van der Waals surface area contributed by atoms with Crippen LogP contribution in [0.4, 0.5) is 5.69 Å². The Balaban J connectivity index is 1.91. The van der Waals surface area contributed by atoms with Gasteiger partial charge in [-0.05, 0) is 43.7 Å². The van der Waals surface area contributed by atoms with Gasteiger partial charge >= 0.3 is 0 Å². The maximum atomic E-state index is 12.3. The van der Waals surface area contributed by atoms with Gasteiger partial charge in [0.1, 0.15) is 0 Å². The lowest BCUT2D eigenvalue weighted by Gasteiger charge is -2.23. The number of rotatable bonds is 8. The first kappa shape index (κ1) is 20.3. The maximum Gasteiger partial charge on any atom is 0.251 e. The molecule has 2 aromatic carbocycles. The summed E-state index contributed by atoms with van der Waals surface area (Å²) in [6.45, 7) is 4.29. The van der Waals surface area contributed by atoms with Crippen molar-refractivity contribution in [1.82, 2.24) is 5.32 Å². The molecule has 5 nitrogen and oxygen atoms in total. The van der Waals surface area contributed by atoms with Gasteiger partial charge in [0.15, 0.2) is 9.84 Å². The molecule has 0 aliphatic carbocycles. The standard InChI is InChI=1S/C19H23ClN2O3S/c1-3-22(16-8-5-4-6-9-16)13-7-12-21-19(23)15-10-11-17(20)18(14-15)26(2,24)25/h4-6,8-11,14H,3,7,12-13H2,1-2H3,(H,21,23). The van der Waals surface area contributed by atoms with Crippen molar-refractivity contribution in [3.63, 3.8) is 0 Å². The lowest BCUT2D eigenvalue weighted by Crippen LogP contribution is -2.30. The summed E-state index contributed by atoms with van der Waals surface area (Å²) in [4.78, 5) is 14.5. The Morgan fingerprint density at radius 1 is 1.15 bits per heavy atom. The molecule has 0 unspecified atom stereocenters. The molecular formula is C19H23ClN2O3S. The van der Waals surface area contributed by atoms with Gasteiger partial charge in [-0.3, -0.25) is 4.79 Å². The van der Waals surface area contributed by atoms with Crippen molar-refractivity contribution in [2.24, 2.45) is 0 Å². The minimum absolute atomic E-state index is 0.0342. The Hall–Kier alpha value is -2.05. The number of sulfone groups is 1. The summed E-state index contributed by atoms with van der Waals surface area (Å²) >= 11 is 5.90. The van der Waals surface area contributed by atoms with Gasteiger partial charge in [-0.2, -0.15) is 0 Å². The minimum atomic E-state index is -3.48. The molecule has 1 amide bonds. The number of hydrogen-bond acceptors (Lipinski definition) is 4. The average molecular weight is 395 g/mol. The number of anilines is 1. The van der Waals surface area contributed by atoms with Crippen LogP contribution in [0.3, 0.4) is 0 Å². The van der Waals surface area contributed by atoms with Gasteiger partial charge in [0.25, 0.3) is 5.91 Å². The summed E-state index contributed by atoms with van der Waals surface area (Å²) < 4.78 is 23.4. The first-order valence-electron chi connectivity index (χ1n) is 8.40. The maximum absolute atomic E-state index is 12.3. The third-order valence-electron chi connectivity index (χ3n) is 3.99. The van der Waals surface area contributed by atoms with Crippen molar-refractivity contribution in [2.75, 3.05) is 30.8 Å². The van der Waals surface area contributed by atoms with Crippen LogP contribution >= 0.6 is 11.6 Å². The Bertz CT molecular complexity index is 854. The molecule has 0 saturated heterocycles. The second-order valence-electron chi connectivity index (χ2n) is 5.94. The Labute approximate surface area is 159 Å². The molecule has 2 rings (SSSR count). The van der Waals surface area contributed by atoms with Gasteiger partial charge in [-0.25, -0.2) is 8.42 Å². The van der Waals surface area contributed by atoms with E-state index in [1.165, 1.54) is 18.2 Å². The van der Waals surface area contributed by atoms with Crippen LogP contribution in [0.2, 0.25) is 5.02 Å². The van der Waals surface area contributed by atoms with Gasteiger partial charge in [-0.15, -0.1) is 0 Å². The highest BCUT2D eigenvalue weighted by Crippen LogP contribution is 2.22. The van der Waals surface area contributed by atoms with Gasteiger partial charge in [-0.1, -0.05) is 29.8 Å². The molecule has 26 heavy (non-hydrogen) atoms. The number of benzene rings is 2. The van der Waals surface area contributed by atoms with Crippen molar-refractivity contribution in [3.8, 4) is 0 Å². The van der Waals surface area contributed by atoms with Crippen LogP contribution in [0.15, 0.2) is 53.4 Å². The lowest BCUT2D eigenvalue weighted by atomic mass is 10.2. The molecule has 0 atom stereocenters. The molecular weight excluding hydrogens is 372 g/mol. The van der Waals surface area contributed by atoms with E-state index in [1.807, 2.05) is 18.2 Å². The number of hydrogen-bond donors (Lipinski definition) is 1. The van der Waals surface area contributed by atoms with E-state index < -0.39 is 9.84 Å². The molecule has 140 valence electrons. The van der Waals surface area contributed by atoms with Crippen LogP contribution in [-0.2, 0) is 9.84 Å². The molecule has 1 N–H and O–H groups in total. The van der Waals surface area contributed by atoms with Gasteiger partial charge < -0.3 is 10.2 Å². The Morgan fingerprint density at radius 2 is 1.85 bits per heavy atom. The van der Waals surface area contributed by atoms with E-state index in [0.29, 0.717) is 6.54 Å². The van der Waals surface area contributed by atoms with Crippen LogP contribution in [0.1, 0.15) is 23.7 Å². The fourth-order valence-electron chi connectivity index (χ4n) is 2.61. The molecule has 2 aromatic rings. The van der Waals surface area contributed by atoms with E-state index in [4.69, 9.17) is 11.6 Å². The number of nitrogens with zero attached hydrogens (tertiary/aromatic N) is 1. The predicted octanol–water partition coefficient (Wildman–Crippen LogP) is 3.39. The molecule has 0 aromatic heterocycles. The SMILES string of the molecule is CCN(CCCNC(=O)c1ccc(Cl)c(S(C)(=O)=O)c1)c1ccccc1. The van der Waals surface area contributed by atoms with E-state index >= 15 is 0 Å². The van der Waals surface area contributed by atoms with Crippen LogP contribution in [0.25, 0.3) is 0 Å². The van der Waals surface area contributed by atoms with Crippen LogP contribution in [0, 0.1) is 0 Å². The van der Waals surface area contributed by atoms with Crippen LogP contribution in [-0.4, -0.2) is 40.2 Å². The summed E-state index contributed by atoms with van der Waals surface area (Å²) in [5.74, 6) is -0.311. The Morgan fingerprint density at radius 3 is 2.46 bits per heavy atom. The predicted molar refractivity (Wildman–Crippen MR) is 106 cm³/mol. The number of nitrogens with one attached hydrogen (secondary N) is 1. The number of para-hydroxylation sites is 1. The zero-order valence-electron chi connectivity index (χ0n) is 14.9. The molecule has 7 heteroatoms. The summed E-state index contributed by atoms with van der Waals surface area (Å²) in [5, 5.41) is 2.94. The molecule has 0 fully saturated rings. The van der Waals surface area contributed by atoms with E-state index in [0.717, 1.165) is 31.5 Å². The second-order valence-corrected chi connectivity index (χ2v) is 8.33. The number of carbonyl (C=O) groups excluding carboxylic acids is 1. The zero-order chi connectivity index (χ0) is 19.2. The van der Waals surface area contributed by atoms with Crippen molar-refractivity contribution in [2.45, 2.75) is 18.2 Å². The summed E-state index contributed by atoms with van der Waals surface area (Å²) in [6, 6.07) is 14.4. The van der Waals surface area contributed by atoms with Gasteiger partial charge in [0, 0.05) is 37.1 Å². The molecule has 0 radical (unpaired) electrons. The topological polar surface area (TPSA) is 66.5 Å². The minimum Gasteiger partial charge on any atom is -0.372 e. The van der Waals surface area contributed by atoms with Crippen LogP contribution in [0.5, 0.6) is 0 Å². The summed E-state index contributed by atoms with van der Waals surface area (Å²) in [7, 11) is -3.48. The number of halogens is 1. The summed E-state index contributed by atoms with van der Waals surface area (Å²) in [6.07, 6.45) is 1.85. The molecule has 0 bridgehead atoms. The smallest absolute Gasteiger partial charge is 0.251 e. The largest absolute Gasteiger partial charge is 0.372 e. The monoisotopic (exact) mass is 394 g/mol. The molecule has 0 heterocycles. The number of amides is 1. The molecule has 0 aliphatic heterocycles. The summed E-state index contributed by atoms with van der Waals surface area (Å²) in [5.41, 5.74) is 1.43. The van der Waals surface area contributed by atoms with E-state index in [2.05, 4.69) is 29.3 Å². The molecule has 0 saturated carbocycles. The second kappa shape index (κ2) is 9.05. The fraction of sp³-hybridized carbons (Fsp3) is 0.316. The number of carbonyl (C=O) groups is 1. The van der Waals surface area contributed by atoms with Gasteiger partial charge in [0.05, 0.1) is 9.92 Å². The highest BCUT2D eigenvalue weighted by molar-refractivity contribution is 7.90. The first-order valence-corrected chi connectivity index (χ1v) is 10.7. The highest BCUT2D eigenvalue weighted by Gasteiger charge is 2.15. The fourth-order valence-corrected chi connectivity index (χ4v) is 3.91. The van der Waals surface area contributed by atoms with Crippen molar-refractivity contribution in [3.05, 3.63) is 59.1 Å². The zero-order valence-corrected chi connectivity index (χ0v) is 16.5. The normalized spacial score (nSPS) is 11.2. The van der Waals surface area contributed by atoms with Crippen molar-refractivity contribution < 1.29 is 13.2 Å². The third kappa shape index (κ3) is 5.47. The lowest BCUT2D eigenvalue weighted by molar-refractivity contribution is 0.0953. The van der Waals surface area contributed by atoms with Gasteiger partial charge in [0.2, 0.25) is 0 Å². The first-order chi connectivity index (χ1) is 12.3. The highest BCUT2D eigenvalue weighted by atomic mass is 35.5. The molecule has 0 aliphatic rings. The van der Waals surface area contributed by atoms with E-state index in [1.54, 1.807) is 0 Å². The average Bonchev–Trinajstić information content (AvgIpc) is 2.61. The quantitative estimate of drug-likeness (QED) is 0.697.